The molecule has 228 valence electrons. The fourth-order valence-electron chi connectivity index (χ4n) is 5.08. The van der Waals surface area contributed by atoms with Crippen LogP contribution >= 0.6 is 0 Å². The third kappa shape index (κ3) is 14.3. The summed E-state index contributed by atoms with van der Waals surface area (Å²) < 4.78 is 5.80. The number of nitrogens with zero attached hydrogens (tertiary/aromatic N) is 1. The molecule has 1 aliphatic rings. The molecule has 1 saturated carbocycles. The van der Waals surface area contributed by atoms with E-state index in [1.54, 1.807) is 6.08 Å². The highest BCUT2D eigenvalue weighted by Gasteiger charge is 2.42. The Kier molecular flexibility index (Phi) is 16.4. The van der Waals surface area contributed by atoms with Crippen LogP contribution in [0.3, 0.4) is 0 Å². The molecule has 10 heteroatoms. The van der Waals surface area contributed by atoms with Gasteiger partial charge in [-0.05, 0) is 57.4 Å². The number of rotatable bonds is 20. The van der Waals surface area contributed by atoms with E-state index < -0.39 is 23.4 Å². The summed E-state index contributed by atoms with van der Waals surface area (Å²) in [5.74, 6) is -0.757. The number of carbonyl (C=O) groups is 2. The first kappa shape index (κ1) is 34.0. The number of ether oxygens (including phenoxy) is 1. The van der Waals surface area contributed by atoms with E-state index >= 15 is 0 Å². The topological polar surface area (TPSA) is 148 Å². The summed E-state index contributed by atoms with van der Waals surface area (Å²) in [4.78, 5) is 38.7. The molecule has 0 aromatic heterocycles. The van der Waals surface area contributed by atoms with Crippen LogP contribution < -0.4 is 5.32 Å². The Morgan fingerprint density at radius 2 is 1.93 bits per heavy atom. The van der Waals surface area contributed by atoms with Crippen LogP contribution in [-0.4, -0.2) is 58.6 Å². The number of aliphatic hydroxyl groups excluding tert-OH is 2. The normalized spacial score (nSPS) is 21.2. The summed E-state index contributed by atoms with van der Waals surface area (Å²) in [6, 6.07) is 9.94. The molecule has 0 bridgehead atoms. The molecule has 1 amide bonds. The minimum absolute atomic E-state index is 0.000233. The Bertz CT molecular complexity index is 968. The quantitative estimate of drug-likeness (QED) is 0.0679. The SMILES string of the molecule is CCNC(=O)CCCC=CC[C@@H]1[C@@H](C=C[C@@H](O)CCc2ccccc2)[C@H](O)C[C@@H]1OC(=O)CCCCCO[N+](=O)[O-]. The van der Waals surface area contributed by atoms with Gasteiger partial charge >= 0.3 is 5.97 Å². The highest BCUT2D eigenvalue weighted by molar-refractivity contribution is 5.75. The van der Waals surface area contributed by atoms with Gasteiger partial charge in [-0.2, -0.15) is 0 Å². The smallest absolute Gasteiger partial charge is 0.306 e. The molecule has 0 saturated heterocycles. The lowest BCUT2D eigenvalue weighted by Gasteiger charge is -2.23. The van der Waals surface area contributed by atoms with Crippen LogP contribution in [0.1, 0.15) is 76.7 Å². The molecule has 10 nitrogen and oxygen atoms in total. The van der Waals surface area contributed by atoms with Crippen molar-refractivity contribution in [2.75, 3.05) is 13.2 Å². The van der Waals surface area contributed by atoms with E-state index in [4.69, 9.17) is 4.74 Å². The molecule has 0 radical (unpaired) electrons. The minimum atomic E-state index is -0.829. The molecular weight excluding hydrogens is 528 g/mol. The third-order valence-electron chi connectivity index (χ3n) is 7.25. The summed E-state index contributed by atoms with van der Waals surface area (Å²) in [6.07, 6.45) is 11.7. The van der Waals surface area contributed by atoms with E-state index in [1.165, 1.54) is 0 Å². The maximum absolute atomic E-state index is 12.6. The second-order valence-corrected chi connectivity index (χ2v) is 10.5. The van der Waals surface area contributed by atoms with Crippen LogP contribution in [0.5, 0.6) is 0 Å². The van der Waals surface area contributed by atoms with Crippen molar-refractivity contribution in [2.45, 2.75) is 95.9 Å². The van der Waals surface area contributed by atoms with Gasteiger partial charge in [0.05, 0.1) is 18.8 Å². The first-order valence-corrected chi connectivity index (χ1v) is 14.8. The number of hydrogen-bond acceptors (Lipinski definition) is 8. The number of carbonyl (C=O) groups excluding carboxylic acids is 2. The fourth-order valence-corrected chi connectivity index (χ4v) is 5.08. The second kappa shape index (κ2) is 19.8. The zero-order chi connectivity index (χ0) is 29.9. The number of nitrogens with one attached hydrogen (secondary N) is 1. The third-order valence-corrected chi connectivity index (χ3v) is 7.25. The number of unbranched alkanes of at least 4 members (excludes halogenated alkanes) is 3. The Hall–Kier alpha value is -3.24. The van der Waals surface area contributed by atoms with E-state index in [9.17, 15) is 29.9 Å². The molecule has 0 heterocycles. The lowest BCUT2D eigenvalue weighted by Crippen LogP contribution is -2.25. The number of allylic oxidation sites excluding steroid dienone is 2. The molecule has 1 fully saturated rings. The number of esters is 1. The summed E-state index contributed by atoms with van der Waals surface area (Å²) in [5.41, 5.74) is 1.15. The van der Waals surface area contributed by atoms with Crippen LogP contribution in [0, 0.1) is 22.0 Å². The second-order valence-electron chi connectivity index (χ2n) is 10.5. The van der Waals surface area contributed by atoms with Crippen molar-refractivity contribution < 1.29 is 34.5 Å². The number of amides is 1. The van der Waals surface area contributed by atoms with Crippen molar-refractivity contribution >= 4 is 11.9 Å². The average molecular weight is 575 g/mol. The van der Waals surface area contributed by atoms with Crippen LogP contribution in [0.4, 0.5) is 0 Å². The van der Waals surface area contributed by atoms with Crippen LogP contribution in [0.15, 0.2) is 54.6 Å². The fraction of sp³-hybridized carbons (Fsp3) is 0.613. The van der Waals surface area contributed by atoms with Gasteiger partial charge in [0.15, 0.2) is 0 Å². The lowest BCUT2D eigenvalue weighted by molar-refractivity contribution is -0.757. The van der Waals surface area contributed by atoms with Gasteiger partial charge in [-0.3, -0.25) is 9.59 Å². The molecule has 0 unspecified atom stereocenters. The van der Waals surface area contributed by atoms with Gasteiger partial charge in [-0.15, -0.1) is 10.1 Å². The van der Waals surface area contributed by atoms with Gasteiger partial charge in [0.2, 0.25) is 5.91 Å². The summed E-state index contributed by atoms with van der Waals surface area (Å²) in [5, 5.41) is 33.6. The number of benzene rings is 1. The molecule has 1 aromatic carbocycles. The van der Waals surface area contributed by atoms with E-state index in [0.29, 0.717) is 51.5 Å². The predicted molar refractivity (Wildman–Crippen MR) is 155 cm³/mol. The minimum Gasteiger partial charge on any atom is -0.462 e. The molecule has 0 aliphatic heterocycles. The van der Waals surface area contributed by atoms with Gasteiger partial charge in [0.1, 0.15) is 6.10 Å². The van der Waals surface area contributed by atoms with Crippen molar-refractivity contribution in [1.29, 1.82) is 0 Å². The maximum Gasteiger partial charge on any atom is 0.306 e. The van der Waals surface area contributed by atoms with Crippen LogP contribution in [0.25, 0.3) is 0 Å². The molecule has 41 heavy (non-hydrogen) atoms. The summed E-state index contributed by atoms with van der Waals surface area (Å²) in [7, 11) is 0. The molecule has 3 N–H and O–H groups in total. The van der Waals surface area contributed by atoms with Gasteiger partial charge in [-0.1, -0.05) is 61.1 Å². The number of aryl methyl sites for hydroxylation is 1. The van der Waals surface area contributed by atoms with Crippen LogP contribution in [-0.2, 0) is 25.6 Å². The number of hydrogen-bond donors (Lipinski definition) is 3. The van der Waals surface area contributed by atoms with Crippen molar-refractivity contribution in [3.63, 3.8) is 0 Å². The molecule has 1 aromatic rings. The van der Waals surface area contributed by atoms with E-state index in [2.05, 4.69) is 10.2 Å². The highest BCUT2D eigenvalue weighted by Crippen LogP contribution is 2.38. The number of aliphatic hydroxyl groups is 2. The maximum atomic E-state index is 12.6. The molecule has 0 spiro atoms. The molecular formula is C31H46N2O8. The zero-order valence-corrected chi connectivity index (χ0v) is 24.1. The average Bonchev–Trinajstić information content (AvgIpc) is 3.23. The Balaban J connectivity index is 1.93. The highest BCUT2D eigenvalue weighted by atomic mass is 16.9. The van der Waals surface area contributed by atoms with Gasteiger partial charge < -0.3 is 25.1 Å². The molecule has 5 atom stereocenters. The monoisotopic (exact) mass is 574 g/mol. The van der Waals surface area contributed by atoms with Gasteiger partial charge in [-0.25, -0.2) is 0 Å². The van der Waals surface area contributed by atoms with Gasteiger partial charge in [0.25, 0.3) is 5.09 Å². The van der Waals surface area contributed by atoms with E-state index in [1.807, 2.05) is 55.5 Å². The van der Waals surface area contributed by atoms with E-state index in [-0.39, 0.29) is 36.7 Å². The Morgan fingerprint density at radius 3 is 2.66 bits per heavy atom. The van der Waals surface area contributed by atoms with Crippen molar-refractivity contribution in [3.05, 3.63) is 70.3 Å². The van der Waals surface area contributed by atoms with Crippen molar-refractivity contribution in [3.8, 4) is 0 Å². The Labute approximate surface area is 242 Å². The van der Waals surface area contributed by atoms with E-state index in [0.717, 1.165) is 24.8 Å². The van der Waals surface area contributed by atoms with Gasteiger partial charge in [0, 0.05) is 37.6 Å². The molecule has 2 rings (SSSR count). The largest absolute Gasteiger partial charge is 0.462 e. The summed E-state index contributed by atoms with van der Waals surface area (Å²) >= 11 is 0. The Morgan fingerprint density at radius 1 is 1.15 bits per heavy atom. The zero-order valence-electron chi connectivity index (χ0n) is 24.1. The first-order chi connectivity index (χ1) is 19.8. The first-order valence-electron chi connectivity index (χ1n) is 14.8. The standard InChI is InChI=1S/C31H46N2O8/c1-2-32-30(36)16-10-4-3-9-15-27-26(21-20-25(34)19-18-24-13-7-5-8-14-24)28(35)23-29(27)41-31(37)17-11-6-12-22-40-33(38)39/h3,5,7-9,13-14,20-21,25-29,34-35H,2,4,6,10-12,15-19,22-23H2,1H3,(H,32,36)/t25-,26+,27+,28+,29-/m0/s1. The van der Waals surface area contributed by atoms with Crippen molar-refractivity contribution in [2.24, 2.45) is 11.8 Å². The predicted octanol–water partition coefficient (Wildman–Crippen LogP) is 4.47. The summed E-state index contributed by atoms with van der Waals surface area (Å²) in [6.45, 7) is 2.50. The van der Waals surface area contributed by atoms with Crippen LogP contribution in [0.2, 0.25) is 0 Å². The lowest BCUT2D eigenvalue weighted by atomic mass is 9.89. The van der Waals surface area contributed by atoms with Crippen molar-refractivity contribution in [1.82, 2.24) is 5.32 Å². The molecule has 1 aliphatic carbocycles.